The summed E-state index contributed by atoms with van der Waals surface area (Å²) in [6, 6.07) is 9.38. The Hall–Kier alpha value is -2.10. The molecule has 0 bridgehead atoms. The third-order valence-electron chi connectivity index (χ3n) is 3.27. The number of benzene rings is 1. The summed E-state index contributed by atoms with van der Waals surface area (Å²) >= 11 is 0. The quantitative estimate of drug-likeness (QED) is 0.587. The first kappa shape index (κ1) is 17.0. The molecule has 114 valence electrons. The third kappa shape index (κ3) is 6.25. The lowest BCUT2D eigenvalue weighted by molar-refractivity contribution is -0.154. The smallest absolute Gasteiger partial charge is 0.331 e. The van der Waals surface area contributed by atoms with Gasteiger partial charge in [0, 0.05) is 6.08 Å². The molecule has 1 N–H and O–H groups in total. The molecule has 0 heterocycles. The van der Waals surface area contributed by atoms with Gasteiger partial charge in [-0.05, 0) is 25.0 Å². The monoisotopic (exact) mass is 290 g/mol. The lowest BCUT2D eigenvalue weighted by Crippen LogP contribution is -2.29. The van der Waals surface area contributed by atoms with Crippen molar-refractivity contribution in [2.24, 2.45) is 5.92 Å². The molecule has 1 aromatic rings. The molecule has 0 spiro atoms. The van der Waals surface area contributed by atoms with E-state index in [0.29, 0.717) is 6.42 Å². The van der Waals surface area contributed by atoms with E-state index in [4.69, 9.17) is 4.74 Å². The van der Waals surface area contributed by atoms with Crippen LogP contribution < -0.4 is 0 Å². The maximum absolute atomic E-state index is 11.7. The summed E-state index contributed by atoms with van der Waals surface area (Å²) < 4.78 is 5.19. The topological polar surface area (TPSA) is 63.6 Å². The Balaban J connectivity index is 2.55. The van der Waals surface area contributed by atoms with E-state index in [1.165, 1.54) is 6.08 Å². The average Bonchev–Trinajstić information content (AvgIpc) is 2.46. The first-order chi connectivity index (χ1) is 10.0. The van der Waals surface area contributed by atoms with Gasteiger partial charge in [0.15, 0.2) is 0 Å². The van der Waals surface area contributed by atoms with Gasteiger partial charge in [-0.1, -0.05) is 50.1 Å². The number of carbonyl (C=O) groups excluding carboxylic acids is 1. The molecular weight excluding hydrogens is 268 g/mol. The van der Waals surface area contributed by atoms with Gasteiger partial charge in [0.1, 0.15) is 6.10 Å². The summed E-state index contributed by atoms with van der Waals surface area (Å²) in [6.45, 7) is 3.63. The van der Waals surface area contributed by atoms with E-state index in [2.05, 4.69) is 0 Å². The van der Waals surface area contributed by atoms with Crippen LogP contribution in [-0.2, 0) is 14.3 Å². The van der Waals surface area contributed by atoms with Gasteiger partial charge in [-0.2, -0.15) is 0 Å². The molecule has 0 amide bonds. The van der Waals surface area contributed by atoms with Crippen molar-refractivity contribution in [1.82, 2.24) is 0 Å². The molecule has 0 saturated carbocycles. The molecule has 1 aromatic carbocycles. The van der Waals surface area contributed by atoms with Crippen LogP contribution in [0.3, 0.4) is 0 Å². The maximum atomic E-state index is 11.7. The number of carbonyl (C=O) groups is 2. The van der Waals surface area contributed by atoms with Gasteiger partial charge in [0.05, 0.1) is 5.92 Å². The summed E-state index contributed by atoms with van der Waals surface area (Å²) in [7, 11) is 0. The molecule has 2 atom stereocenters. The number of ether oxygens (including phenoxy) is 1. The number of aliphatic carboxylic acids is 1. The lowest BCUT2D eigenvalue weighted by Gasteiger charge is -2.19. The number of unbranched alkanes of at least 4 members (excludes halogenated alkanes) is 1. The Labute approximate surface area is 125 Å². The Bertz CT molecular complexity index is 479. The number of esters is 1. The largest absolute Gasteiger partial charge is 0.481 e. The summed E-state index contributed by atoms with van der Waals surface area (Å²) in [5.74, 6) is -2.09. The van der Waals surface area contributed by atoms with Crippen molar-refractivity contribution in [2.75, 3.05) is 0 Å². The highest BCUT2D eigenvalue weighted by Crippen LogP contribution is 2.16. The van der Waals surface area contributed by atoms with Crippen molar-refractivity contribution < 1.29 is 19.4 Å². The molecule has 4 nitrogen and oxygen atoms in total. The normalized spacial score (nSPS) is 13.8. The first-order valence-corrected chi connectivity index (χ1v) is 7.21. The summed E-state index contributed by atoms with van der Waals surface area (Å²) in [5.41, 5.74) is 0.892. The molecule has 21 heavy (non-hydrogen) atoms. The van der Waals surface area contributed by atoms with Crippen LogP contribution in [0.5, 0.6) is 0 Å². The average molecular weight is 290 g/mol. The van der Waals surface area contributed by atoms with E-state index in [-0.39, 0.29) is 0 Å². The van der Waals surface area contributed by atoms with Gasteiger partial charge in [-0.25, -0.2) is 4.79 Å². The summed E-state index contributed by atoms with van der Waals surface area (Å²) in [6.07, 6.45) is 4.57. The number of carboxylic acids is 1. The zero-order valence-corrected chi connectivity index (χ0v) is 12.5. The van der Waals surface area contributed by atoms with E-state index >= 15 is 0 Å². The van der Waals surface area contributed by atoms with Gasteiger partial charge in [-0.15, -0.1) is 0 Å². The molecule has 0 saturated heterocycles. The molecule has 1 rings (SSSR count). The second kappa shape index (κ2) is 8.95. The minimum Gasteiger partial charge on any atom is -0.481 e. The molecular formula is C17H22O4. The van der Waals surface area contributed by atoms with Crippen LogP contribution in [0.15, 0.2) is 36.4 Å². The van der Waals surface area contributed by atoms with Crippen molar-refractivity contribution in [2.45, 2.75) is 39.2 Å². The third-order valence-corrected chi connectivity index (χ3v) is 3.27. The molecule has 0 aliphatic heterocycles. The van der Waals surface area contributed by atoms with Crippen LogP contribution in [0.25, 0.3) is 6.08 Å². The van der Waals surface area contributed by atoms with Crippen LogP contribution in [0.4, 0.5) is 0 Å². The second-order valence-corrected chi connectivity index (χ2v) is 4.97. The maximum Gasteiger partial charge on any atom is 0.331 e. The number of hydrogen-bond acceptors (Lipinski definition) is 3. The summed E-state index contributed by atoms with van der Waals surface area (Å²) in [4.78, 5) is 22.9. The fourth-order valence-corrected chi connectivity index (χ4v) is 2.02. The predicted molar refractivity (Wildman–Crippen MR) is 81.7 cm³/mol. The van der Waals surface area contributed by atoms with Gasteiger partial charge in [0.25, 0.3) is 0 Å². The van der Waals surface area contributed by atoms with E-state index in [0.717, 1.165) is 18.4 Å². The molecule has 0 aromatic heterocycles. The highest BCUT2D eigenvalue weighted by atomic mass is 16.5. The van der Waals surface area contributed by atoms with Crippen molar-refractivity contribution in [3.05, 3.63) is 42.0 Å². The Kier molecular flexibility index (Phi) is 7.23. The van der Waals surface area contributed by atoms with Gasteiger partial charge in [-0.3, -0.25) is 4.79 Å². The van der Waals surface area contributed by atoms with Crippen molar-refractivity contribution in [3.63, 3.8) is 0 Å². The minimum atomic E-state index is -0.921. The summed E-state index contributed by atoms with van der Waals surface area (Å²) in [5, 5.41) is 9.18. The van der Waals surface area contributed by atoms with Gasteiger partial charge < -0.3 is 9.84 Å². The van der Waals surface area contributed by atoms with Crippen molar-refractivity contribution >= 4 is 18.0 Å². The van der Waals surface area contributed by atoms with E-state index < -0.39 is 24.0 Å². The lowest BCUT2D eigenvalue weighted by atomic mass is 9.97. The van der Waals surface area contributed by atoms with E-state index in [1.807, 2.05) is 37.3 Å². The fourth-order valence-electron chi connectivity index (χ4n) is 2.02. The predicted octanol–water partition coefficient (Wildman–Crippen LogP) is 3.52. The zero-order valence-electron chi connectivity index (χ0n) is 12.5. The van der Waals surface area contributed by atoms with Crippen LogP contribution in [0.2, 0.25) is 0 Å². The van der Waals surface area contributed by atoms with E-state index in [9.17, 15) is 14.7 Å². The van der Waals surface area contributed by atoms with Gasteiger partial charge in [0.2, 0.25) is 0 Å². The SMILES string of the molecule is CCCCC(C(=O)O)C(C)OC(=O)/C=C/c1ccccc1. The first-order valence-electron chi connectivity index (χ1n) is 7.21. The van der Waals surface area contributed by atoms with Gasteiger partial charge >= 0.3 is 11.9 Å². The number of rotatable bonds is 8. The van der Waals surface area contributed by atoms with Crippen LogP contribution in [0.1, 0.15) is 38.7 Å². The standard InChI is InChI=1S/C17H22O4/c1-3-4-10-15(17(19)20)13(2)21-16(18)12-11-14-8-6-5-7-9-14/h5-9,11-13,15H,3-4,10H2,1-2H3,(H,19,20)/b12-11+. The Morgan fingerprint density at radius 2 is 1.95 bits per heavy atom. The molecule has 0 fully saturated rings. The molecule has 0 aliphatic rings. The fraction of sp³-hybridized carbons (Fsp3) is 0.412. The molecule has 2 unspecified atom stereocenters. The van der Waals surface area contributed by atoms with Crippen molar-refractivity contribution in [1.29, 1.82) is 0 Å². The van der Waals surface area contributed by atoms with Crippen LogP contribution >= 0.6 is 0 Å². The Morgan fingerprint density at radius 1 is 1.29 bits per heavy atom. The number of carboxylic acid groups (broad SMARTS) is 1. The number of hydrogen-bond donors (Lipinski definition) is 1. The molecule has 4 heteroatoms. The zero-order chi connectivity index (χ0) is 15.7. The van der Waals surface area contributed by atoms with Crippen LogP contribution in [0, 0.1) is 5.92 Å². The molecule has 0 aliphatic carbocycles. The molecule has 0 radical (unpaired) electrons. The van der Waals surface area contributed by atoms with Crippen molar-refractivity contribution in [3.8, 4) is 0 Å². The highest BCUT2D eigenvalue weighted by molar-refractivity contribution is 5.87. The van der Waals surface area contributed by atoms with E-state index in [1.54, 1.807) is 13.0 Å². The highest BCUT2D eigenvalue weighted by Gasteiger charge is 2.26. The second-order valence-electron chi connectivity index (χ2n) is 4.97. The minimum absolute atomic E-state index is 0.517. The van der Waals surface area contributed by atoms with Crippen LogP contribution in [-0.4, -0.2) is 23.1 Å². The Morgan fingerprint density at radius 3 is 2.52 bits per heavy atom.